The summed E-state index contributed by atoms with van der Waals surface area (Å²) in [5.41, 5.74) is 0.470. The van der Waals surface area contributed by atoms with Gasteiger partial charge in [-0.25, -0.2) is 4.79 Å². The molecule has 0 bridgehead atoms. The van der Waals surface area contributed by atoms with Crippen LogP contribution in [0.2, 0.25) is 0 Å². The molecule has 0 radical (unpaired) electrons. The first-order chi connectivity index (χ1) is 11.0. The molecule has 0 aliphatic carbocycles. The first kappa shape index (κ1) is 17.4. The van der Waals surface area contributed by atoms with E-state index in [1.54, 1.807) is 6.07 Å². The highest BCUT2D eigenvalue weighted by molar-refractivity contribution is 6.01. The topological polar surface area (TPSA) is 70.1 Å². The molecule has 1 aliphatic heterocycles. The van der Waals surface area contributed by atoms with Gasteiger partial charge in [0.05, 0.1) is 17.7 Å². The molecule has 1 N–H and O–H groups in total. The van der Waals surface area contributed by atoms with Crippen LogP contribution in [0.4, 0.5) is 0 Å². The number of benzene rings is 1. The number of rotatable bonds is 7. The molecule has 1 aliphatic rings. The van der Waals surface area contributed by atoms with E-state index in [1.165, 1.54) is 12.1 Å². The zero-order chi connectivity index (χ0) is 16.8. The van der Waals surface area contributed by atoms with E-state index in [0.29, 0.717) is 30.9 Å². The maximum absolute atomic E-state index is 12.5. The number of aromatic carboxylic acids is 1. The van der Waals surface area contributed by atoms with Crippen LogP contribution in [-0.4, -0.2) is 73.0 Å². The molecule has 1 aromatic rings. The number of ketones is 1. The summed E-state index contributed by atoms with van der Waals surface area (Å²) < 4.78 is 5.46. The number of likely N-dealkylation sites (N-methyl/N-ethyl adjacent to an activating group) is 1. The van der Waals surface area contributed by atoms with Crippen molar-refractivity contribution in [1.82, 2.24) is 9.80 Å². The summed E-state index contributed by atoms with van der Waals surface area (Å²) in [5.74, 6) is -0.655. The Morgan fingerprint density at radius 2 is 1.91 bits per heavy atom. The molecule has 1 aromatic carbocycles. The molecular formula is C17H24N2O4. The highest BCUT2D eigenvalue weighted by Gasteiger charge is 2.19. The number of carbonyl (C=O) groups excluding carboxylic acids is 1. The Kier molecular flexibility index (Phi) is 6.12. The van der Waals surface area contributed by atoms with Crippen molar-refractivity contribution in [3.05, 3.63) is 29.3 Å². The third kappa shape index (κ3) is 4.77. The quantitative estimate of drug-likeness (QED) is 0.770. The minimum absolute atomic E-state index is 0.0736. The van der Waals surface area contributed by atoms with Gasteiger partial charge in [0, 0.05) is 39.1 Å². The molecule has 0 spiro atoms. The van der Waals surface area contributed by atoms with Gasteiger partial charge in [0.25, 0.3) is 0 Å². The van der Waals surface area contributed by atoms with Gasteiger partial charge in [0.2, 0.25) is 0 Å². The lowest BCUT2D eigenvalue weighted by atomic mass is 10.0. The number of hydrogen-bond donors (Lipinski definition) is 1. The fraction of sp³-hybridized carbons (Fsp3) is 0.529. The van der Waals surface area contributed by atoms with E-state index in [1.807, 2.05) is 6.92 Å². The van der Waals surface area contributed by atoms with Crippen LogP contribution in [0, 0.1) is 0 Å². The van der Waals surface area contributed by atoms with Crippen LogP contribution in [0.1, 0.15) is 34.1 Å². The molecule has 0 unspecified atom stereocenters. The van der Waals surface area contributed by atoms with Crippen molar-refractivity contribution in [2.75, 3.05) is 46.4 Å². The van der Waals surface area contributed by atoms with Crippen molar-refractivity contribution >= 4 is 11.8 Å². The van der Waals surface area contributed by atoms with Crippen LogP contribution < -0.4 is 4.74 Å². The Morgan fingerprint density at radius 1 is 1.22 bits per heavy atom. The SMILES string of the molecule is CCOc1ccc(C(=O)O)cc1C(=O)CCN1CCN(C)CC1. The highest BCUT2D eigenvalue weighted by atomic mass is 16.5. The Balaban J connectivity index is 2.04. The molecule has 0 atom stereocenters. The van der Waals surface area contributed by atoms with Crippen LogP contribution in [-0.2, 0) is 0 Å². The summed E-state index contributed by atoms with van der Waals surface area (Å²) in [6.07, 6.45) is 0.368. The Bertz CT molecular complexity index is 566. The number of carbonyl (C=O) groups is 2. The second-order valence-corrected chi connectivity index (χ2v) is 5.77. The first-order valence-electron chi connectivity index (χ1n) is 7.95. The Hall–Kier alpha value is -1.92. The minimum atomic E-state index is -1.04. The molecule has 2 rings (SSSR count). The van der Waals surface area contributed by atoms with Crippen molar-refractivity contribution in [1.29, 1.82) is 0 Å². The zero-order valence-electron chi connectivity index (χ0n) is 13.7. The van der Waals surface area contributed by atoms with Gasteiger partial charge in [0.1, 0.15) is 5.75 Å². The Morgan fingerprint density at radius 3 is 2.52 bits per heavy atom. The Labute approximate surface area is 136 Å². The van der Waals surface area contributed by atoms with Crippen LogP contribution in [0.25, 0.3) is 0 Å². The summed E-state index contributed by atoms with van der Waals surface area (Å²) in [6, 6.07) is 4.44. The molecule has 1 fully saturated rings. The monoisotopic (exact) mass is 320 g/mol. The largest absolute Gasteiger partial charge is 0.493 e. The molecule has 126 valence electrons. The summed E-state index contributed by atoms with van der Waals surface area (Å²) in [7, 11) is 2.09. The number of hydrogen-bond acceptors (Lipinski definition) is 5. The fourth-order valence-electron chi connectivity index (χ4n) is 2.63. The van der Waals surface area contributed by atoms with Crippen molar-refractivity contribution in [3.8, 4) is 5.75 Å². The number of Topliss-reactive ketones (excluding diaryl/α,β-unsaturated/α-hetero) is 1. The van der Waals surface area contributed by atoms with Gasteiger partial charge in [-0.15, -0.1) is 0 Å². The summed E-state index contributed by atoms with van der Waals surface area (Å²) in [5, 5.41) is 9.11. The van der Waals surface area contributed by atoms with Gasteiger partial charge >= 0.3 is 5.97 Å². The van der Waals surface area contributed by atoms with E-state index in [4.69, 9.17) is 9.84 Å². The molecule has 6 nitrogen and oxygen atoms in total. The van der Waals surface area contributed by atoms with E-state index >= 15 is 0 Å². The highest BCUT2D eigenvalue weighted by Crippen LogP contribution is 2.22. The first-order valence-corrected chi connectivity index (χ1v) is 7.95. The zero-order valence-corrected chi connectivity index (χ0v) is 13.7. The number of nitrogens with zero attached hydrogens (tertiary/aromatic N) is 2. The van der Waals surface area contributed by atoms with Gasteiger partial charge in [-0.1, -0.05) is 0 Å². The number of ether oxygens (including phenoxy) is 1. The number of piperazine rings is 1. The van der Waals surface area contributed by atoms with Crippen molar-refractivity contribution < 1.29 is 19.4 Å². The molecule has 1 saturated heterocycles. The van der Waals surface area contributed by atoms with Gasteiger partial charge in [-0.05, 0) is 32.2 Å². The summed E-state index contributed by atoms with van der Waals surface area (Å²) in [6.45, 7) is 6.89. The smallest absolute Gasteiger partial charge is 0.335 e. The standard InChI is InChI=1S/C17H24N2O4/c1-3-23-16-5-4-13(17(21)22)12-14(16)15(20)6-7-19-10-8-18(2)9-11-19/h4-5,12H,3,6-11H2,1-2H3,(H,21,22). The molecule has 1 heterocycles. The van der Waals surface area contributed by atoms with Crippen LogP contribution in [0.15, 0.2) is 18.2 Å². The lowest BCUT2D eigenvalue weighted by molar-refractivity contribution is 0.0697. The lowest BCUT2D eigenvalue weighted by Crippen LogP contribution is -2.45. The third-order valence-electron chi connectivity index (χ3n) is 4.08. The number of carboxylic acid groups (broad SMARTS) is 1. The van der Waals surface area contributed by atoms with E-state index in [2.05, 4.69) is 16.8 Å². The fourth-order valence-corrected chi connectivity index (χ4v) is 2.63. The maximum atomic E-state index is 12.5. The second-order valence-electron chi connectivity index (χ2n) is 5.77. The van der Waals surface area contributed by atoms with E-state index in [9.17, 15) is 9.59 Å². The normalized spacial score (nSPS) is 16.3. The summed E-state index contributed by atoms with van der Waals surface area (Å²) >= 11 is 0. The molecule has 0 aromatic heterocycles. The molecular weight excluding hydrogens is 296 g/mol. The maximum Gasteiger partial charge on any atom is 0.335 e. The average Bonchev–Trinajstić information content (AvgIpc) is 2.54. The predicted octanol–water partition coefficient (Wildman–Crippen LogP) is 1.60. The van der Waals surface area contributed by atoms with Gasteiger partial charge < -0.3 is 19.6 Å². The average molecular weight is 320 g/mol. The third-order valence-corrected chi connectivity index (χ3v) is 4.08. The molecule has 23 heavy (non-hydrogen) atoms. The van der Waals surface area contributed by atoms with Crippen LogP contribution in [0.5, 0.6) is 5.75 Å². The van der Waals surface area contributed by atoms with E-state index in [-0.39, 0.29) is 11.3 Å². The number of carboxylic acids is 1. The second kappa shape index (κ2) is 8.08. The minimum Gasteiger partial charge on any atom is -0.493 e. The molecule has 0 saturated carbocycles. The molecule has 6 heteroatoms. The van der Waals surface area contributed by atoms with E-state index in [0.717, 1.165) is 26.2 Å². The van der Waals surface area contributed by atoms with Gasteiger partial charge in [-0.3, -0.25) is 4.79 Å². The van der Waals surface area contributed by atoms with Gasteiger partial charge in [0.15, 0.2) is 5.78 Å². The summed E-state index contributed by atoms with van der Waals surface area (Å²) in [4.78, 5) is 28.2. The molecule has 0 amide bonds. The predicted molar refractivity (Wildman–Crippen MR) is 87.5 cm³/mol. The van der Waals surface area contributed by atoms with Gasteiger partial charge in [-0.2, -0.15) is 0 Å². The van der Waals surface area contributed by atoms with Crippen LogP contribution in [0.3, 0.4) is 0 Å². The van der Waals surface area contributed by atoms with Crippen molar-refractivity contribution in [3.63, 3.8) is 0 Å². The van der Waals surface area contributed by atoms with Crippen molar-refractivity contribution in [2.45, 2.75) is 13.3 Å². The van der Waals surface area contributed by atoms with Crippen molar-refractivity contribution in [2.24, 2.45) is 0 Å². The van der Waals surface area contributed by atoms with E-state index < -0.39 is 5.97 Å². The lowest BCUT2D eigenvalue weighted by Gasteiger charge is -2.32. The van der Waals surface area contributed by atoms with Crippen LogP contribution >= 0.6 is 0 Å².